The Morgan fingerprint density at radius 3 is 2.78 bits per heavy atom. The van der Waals surface area contributed by atoms with Crippen molar-refractivity contribution in [2.24, 2.45) is 11.7 Å². The van der Waals surface area contributed by atoms with Gasteiger partial charge in [0.15, 0.2) is 5.78 Å². The summed E-state index contributed by atoms with van der Waals surface area (Å²) in [6, 6.07) is 9.42. The van der Waals surface area contributed by atoms with Gasteiger partial charge in [-0.3, -0.25) is 9.59 Å². The lowest BCUT2D eigenvalue weighted by Gasteiger charge is -2.38. The summed E-state index contributed by atoms with van der Waals surface area (Å²) in [4.78, 5) is 28.5. The van der Waals surface area contributed by atoms with Crippen molar-refractivity contribution in [3.8, 4) is 6.07 Å². The van der Waals surface area contributed by atoms with Crippen LogP contribution >= 0.6 is 0 Å². The number of hydrogen-bond donors (Lipinski definition) is 1. The Morgan fingerprint density at radius 2 is 2.07 bits per heavy atom. The lowest BCUT2D eigenvalue weighted by Crippen LogP contribution is -2.49. The van der Waals surface area contributed by atoms with Gasteiger partial charge in [-0.1, -0.05) is 32.0 Å². The molecule has 2 N–H and O–H groups in total. The second-order valence-corrected chi connectivity index (χ2v) is 7.41. The number of ketones is 1. The molecule has 27 heavy (non-hydrogen) atoms. The van der Waals surface area contributed by atoms with Crippen LogP contribution in [0, 0.1) is 17.2 Å². The molecule has 0 saturated carbocycles. The highest BCUT2D eigenvalue weighted by molar-refractivity contribution is 6.20. The summed E-state index contributed by atoms with van der Waals surface area (Å²) in [5.74, 6) is 0.00823. The Bertz CT molecular complexity index is 969. The van der Waals surface area contributed by atoms with Crippen molar-refractivity contribution in [2.75, 3.05) is 11.4 Å². The Balaban J connectivity index is 2.09. The molecule has 0 bridgehead atoms. The van der Waals surface area contributed by atoms with Gasteiger partial charge in [-0.15, -0.1) is 0 Å². The molecule has 4 rings (SSSR count). The average Bonchev–Trinajstić information content (AvgIpc) is 2.85. The van der Waals surface area contributed by atoms with E-state index in [0.717, 1.165) is 12.1 Å². The molecular weight excluding hydrogens is 342 g/mol. The Labute approximate surface area is 157 Å². The third kappa shape index (κ3) is 2.11. The standard InChI is InChI=1S/C21H21N3O3/c1-3-8-24-15-7-5-4-6-13(15)21(20(24)26)14(11-22)19(23)27-17-10-12(2)9-16(25)18(17)21/h4-7,12H,3,8-10,23H2,1-2H3/t12-,21-/m0/s1. The fourth-order valence-electron chi connectivity index (χ4n) is 4.59. The van der Waals surface area contributed by atoms with Gasteiger partial charge in [0.25, 0.3) is 0 Å². The van der Waals surface area contributed by atoms with E-state index in [1.807, 2.05) is 38.1 Å². The van der Waals surface area contributed by atoms with Crippen LogP contribution in [0.5, 0.6) is 0 Å². The normalized spacial score (nSPS) is 26.9. The van der Waals surface area contributed by atoms with E-state index in [-0.39, 0.29) is 29.1 Å². The number of fused-ring (bicyclic) bond motifs is 3. The molecule has 6 nitrogen and oxygen atoms in total. The fraction of sp³-hybridized carbons (Fsp3) is 0.381. The summed E-state index contributed by atoms with van der Waals surface area (Å²) in [6.45, 7) is 4.45. The molecule has 0 radical (unpaired) electrons. The molecule has 2 atom stereocenters. The Hall–Kier alpha value is -3.07. The van der Waals surface area contributed by atoms with Crippen LogP contribution in [0.1, 0.15) is 38.7 Å². The highest BCUT2D eigenvalue weighted by Gasteiger charge is 2.62. The minimum Gasteiger partial charge on any atom is -0.444 e. The third-order valence-electron chi connectivity index (χ3n) is 5.58. The largest absolute Gasteiger partial charge is 0.444 e. The highest BCUT2D eigenvalue weighted by atomic mass is 16.5. The van der Waals surface area contributed by atoms with Crippen LogP contribution < -0.4 is 10.6 Å². The topological polar surface area (TPSA) is 96.4 Å². The Morgan fingerprint density at radius 1 is 1.33 bits per heavy atom. The summed E-state index contributed by atoms with van der Waals surface area (Å²) < 4.78 is 5.70. The average molecular weight is 363 g/mol. The number of allylic oxidation sites excluding steroid dienone is 1. The van der Waals surface area contributed by atoms with Gasteiger partial charge in [0, 0.05) is 30.6 Å². The molecule has 1 aromatic rings. The van der Waals surface area contributed by atoms with Crippen molar-refractivity contribution in [1.82, 2.24) is 0 Å². The first-order chi connectivity index (χ1) is 13.0. The van der Waals surface area contributed by atoms with Crippen LogP contribution in [-0.2, 0) is 19.7 Å². The molecule has 2 aliphatic heterocycles. The number of ether oxygens (including phenoxy) is 1. The van der Waals surface area contributed by atoms with Gasteiger partial charge in [-0.2, -0.15) is 5.26 Å². The summed E-state index contributed by atoms with van der Waals surface area (Å²) in [5, 5.41) is 9.90. The molecule has 138 valence electrons. The smallest absolute Gasteiger partial charge is 0.247 e. The molecule has 1 spiro atoms. The molecule has 3 aliphatic rings. The number of benzene rings is 1. The maximum atomic E-state index is 13.8. The summed E-state index contributed by atoms with van der Waals surface area (Å²) >= 11 is 0. The summed E-state index contributed by atoms with van der Waals surface area (Å²) in [7, 11) is 0. The van der Waals surface area contributed by atoms with Crippen molar-refractivity contribution in [1.29, 1.82) is 5.26 Å². The number of amides is 1. The van der Waals surface area contributed by atoms with E-state index in [9.17, 15) is 14.9 Å². The van der Waals surface area contributed by atoms with Crippen LogP contribution in [0.15, 0.2) is 47.1 Å². The van der Waals surface area contributed by atoms with Crippen LogP contribution in [-0.4, -0.2) is 18.2 Å². The number of para-hydroxylation sites is 1. The van der Waals surface area contributed by atoms with E-state index in [2.05, 4.69) is 6.07 Å². The maximum absolute atomic E-state index is 13.8. The zero-order valence-electron chi connectivity index (χ0n) is 15.4. The minimum absolute atomic E-state index is 0.0141. The maximum Gasteiger partial charge on any atom is 0.247 e. The third-order valence-corrected chi connectivity index (χ3v) is 5.58. The molecule has 1 amide bonds. The predicted molar refractivity (Wildman–Crippen MR) is 99.1 cm³/mol. The zero-order chi connectivity index (χ0) is 19.3. The minimum atomic E-state index is -1.49. The predicted octanol–water partition coefficient (Wildman–Crippen LogP) is 2.66. The zero-order valence-corrected chi connectivity index (χ0v) is 15.4. The fourth-order valence-corrected chi connectivity index (χ4v) is 4.59. The van der Waals surface area contributed by atoms with Gasteiger partial charge in [0.05, 0.1) is 5.57 Å². The van der Waals surface area contributed by atoms with E-state index in [1.165, 1.54) is 0 Å². The van der Waals surface area contributed by atoms with Crippen LogP contribution in [0.2, 0.25) is 0 Å². The first kappa shape index (κ1) is 17.3. The van der Waals surface area contributed by atoms with E-state index < -0.39 is 5.41 Å². The number of rotatable bonds is 2. The molecule has 0 saturated heterocycles. The molecule has 6 heteroatoms. The Kier molecular flexibility index (Phi) is 3.84. The molecule has 1 aliphatic carbocycles. The molecule has 2 heterocycles. The molecular formula is C21H21N3O3. The monoisotopic (exact) mass is 363 g/mol. The SMILES string of the molecule is CCCN1C(=O)[C@]2(C(C#N)=C(N)OC3=C2C(=O)C[C@H](C)C3)c2ccccc21. The summed E-state index contributed by atoms with van der Waals surface area (Å²) in [5.41, 5.74) is 6.28. The molecule has 0 unspecified atom stereocenters. The van der Waals surface area contributed by atoms with Gasteiger partial charge in [-0.05, 0) is 18.4 Å². The second-order valence-electron chi connectivity index (χ2n) is 7.41. The van der Waals surface area contributed by atoms with Crippen molar-refractivity contribution in [3.63, 3.8) is 0 Å². The number of carbonyl (C=O) groups is 2. The number of carbonyl (C=O) groups excluding carboxylic acids is 2. The second kappa shape index (κ2) is 5.98. The molecule has 0 aromatic heterocycles. The van der Waals surface area contributed by atoms with E-state index in [4.69, 9.17) is 10.5 Å². The molecule has 1 aromatic carbocycles. The number of Topliss-reactive ketones (excluding diaryl/α,β-unsaturated/α-hetero) is 1. The molecule has 0 fully saturated rings. The summed E-state index contributed by atoms with van der Waals surface area (Å²) in [6.07, 6.45) is 1.60. The van der Waals surface area contributed by atoms with Gasteiger partial charge < -0.3 is 15.4 Å². The van der Waals surface area contributed by atoms with Gasteiger partial charge in [0.1, 0.15) is 22.8 Å². The van der Waals surface area contributed by atoms with Crippen molar-refractivity contribution < 1.29 is 14.3 Å². The van der Waals surface area contributed by atoms with Crippen molar-refractivity contribution in [3.05, 3.63) is 52.6 Å². The lowest BCUT2D eigenvalue weighted by molar-refractivity contribution is -0.125. The van der Waals surface area contributed by atoms with Crippen molar-refractivity contribution in [2.45, 2.75) is 38.5 Å². The lowest BCUT2D eigenvalue weighted by atomic mass is 9.64. The number of anilines is 1. The van der Waals surface area contributed by atoms with Crippen LogP contribution in [0.25, 0.3) is 0 Å². The van der Waals surface area contributed by atoms with Gasteiger partial charge in [-0.25, -0.2) is 0 Å². The van der Waals surface area contributed by atoms with Gasteiger partial charge >= 0.3 is 0 Å². The number of nitriles is 1. The van der Waals surface area contributed by atoms with Crippen LogP contribution in [0.4, 0.5) is 5.69 Å². The van der Waals surface area contributed by atoms with Crippen molar-refractivity contribution >= 4 is 17.4 Å². The number of nitrogens with two attached hydrogens (primary N) is 1. The number of hydrogen-bond acceptors (Lipinski definition) is 5. The van der Waals surface area contributed by atoms with Crippen LogP contribution in [0.3, 0.4) is 0 Å². The first-order valence-corrected chi connectivity index (χ1v) is 9.23. The van der Waals surface area contributed by atoms with Gasteiger partial charge in [0.2, 0.25) is 11.8 Å². The van der Waals surface area contributed by atoms with E-state index in [0.29, 0.717) is 36.3 Å². The number of nitrogens with zero attached hydrogens (tertiary/aromatic N) is 2. The first-order valence-electron chi connectivity index (χ1n) is 9.23. The highest BCUT2D eigenvalue weighted by Crippen LogP contribution is 2.55. The quantitative estimate of drug-likeness (QED) is 0.871. The van der Waals surface area contributed by atoms with E-state index in [1.54, 1.807) is 4.90 Å². The van der Waals surface area contributed by atoms with E-state index >= 15 is 0 Å².